The molecule has 0 spiro atoms. The second-order valence-corrected chi connectivity index (χ2v) is 4.95. The Morgan fingerprint density at radius 2 is 2.09 bits per heavy atom. The predicted octanol–water partition coefficient (Wildman–Crippen LogP) is 2.27. The molecule has 2 aromatic carbocycles. The molecule has 7 heteroatoms. The smallest absolute Gasteiger partial charge is 0.257 e. The molecule has 0 aliphatic heterocycles. The van der Waals surface area contributed by atoms with Crippen molar-refractivity contribution in [3.8, 4) is 0 Å². The van der Waals surface area contributed by atoms with Crippen molar-refractivity contribution in [2.45, 2.75) is 0 Å². The number of nitrogens with two attached hydrogens (primary N) is 1. The number of hydrogen-bond acceptors (Lipinski definition) is 4. The van der Waals surface area contributed by atoms with Crippen molar-refractivity contribution in [2.75, 3.05) is 11.1 Å². The quantitative estimate of drug-likeness (QED) is 0.454. The van der Waals surface area contributed by atoms with E-state index in [2.05, 4.69) is 25.5 Å². The number of anilines is 2. The van der Waals surface area contributed by atoms with Gasteiger partial charge in [0, 0.05) is 11.1 Å². The summed E-state index contributed by atoms with van der Waals surface area (Å²) in [5, 5.41) is 10.6. The first-order valence-corrected chi connectivity index (χ1v) is 6.69. The lowest BCUT2D eigenvalue weighted by atomic mass is 10.1. The first-order chi connectivity index (χ1) is 10.7. The Kier molecular flexibility index (Phi) is 2.59. The van der Waals surface area contributed by atoms with Crippen LogP contribution in [0.2, 0.25) is 0 Å². The highest BCUT2D eigenvalue weighted by molar-refractivity contribution is 6.12. The second kappa shape index (κ2) is 4.59. The van der Waals surface area contributed by atoms with Gasteiger partial charge in [-0.1, -0.05) is 6.07 Å². The fraction of sp³-hybridized carbons (Fsp3) is 0. The summed E-state index contributed by atoms with van der Waals surface area (Å²) in [6.07, 6.45) is 1.71. The van der Waals surface area contributed by atoms with E-state index >= 15 is 0 Å². The third-order valence-corrected chi connectivity index (χ3v) is 3.47. The number of aromatic nitrogens is 4. The van der Waals surface area contributed by atoms with Crippen LogP contribution in [0.15, 0.2) is 42.6 Å². The van der Waals surface area contributed by atoms with Crippen LogP contribution in [-0.2, 0) is 0 Å². The lowest BCUT2D eigenvalue weighted by Gasteiger charge is -2.06. The number of H-pyrrole nitrogens is 2. The van der Waals surface area contributed by atoms with Gasteiger partial charge in [0.25, 0.3) is 5.91 Å². The lowest BCUT2D eigenvalue weighted by Crippen LogP contribution is -2.12. The fourth-order valence-corrected chi connectivity index (χ4v) is 2.45. The highest BCUT2D eigenvalue weighted by Crippen LogP contribution is 2.21. The Morgan fingerprint density at radius 3 is 3.00 bits per heavy atom. The molecule has 0 radical (unpaired) electrons. The van der Waals surface area contributed by atoms with Crippen LogP contribution in [0.25, 0.3) is 21.9 Å². The Bertz CT molecular complexity index is 1000. The predicted molar refractivity (Wildman–Crippen MR) is 84.6 cm³/mol. The number of hydrogen-bond donors (Lipinski definition) is 4. The zero-order valence-corrected chi connectivity index (χ0v) is 11.4. The van der Waals surface area contributed by atoms with Crippen LogP contribution >= 0.6 is 0 Å². The van der Waals surface area contributed by atoms with Gasteiger partial charge < -0.3 is 16.0 Å². The standard InChI is InChI=1S/C15H12N6O/c16-15-19-12-3-1-2-10(13(12)20-15)14(22)18-9-4-5-11-8(6-9)7-17-21-11/h1-7H,(H,17,21)(H,18,22)(H3,16,19,20). The number of amides is 1. The molecule has 0 saturated carbocycles. The van der Waals surface area contributed by atoms with Crippen molar-refractivity contribution in [2.24, 2.45) is 0 Å². The fourth-order valence-electron chi connectivity index (χ4n) is 2.45. The van der Waals surface area contributed by atoms with E-state index in [-0.39, 0.29) is 11.9 Å². The van der Waals surface area contributed by atoms with Gasteiger partial charge in [-0.05, 0) is 30.3 Å². The van der Waals surface area contributed by atoms with Gasteiger partial charge in [0.15, 0.2) is 5.95 Å². The third kappa shape index (κ3) is 1.96. The summed E-state index contributed by atoms with van der Waals surface area (Å²) < 4.78 is 0. The number of para-hydroxylation sites is 1. The molecule has 4 aromatic rings. The summed E-state index contributed by atoms with van der Waals surface area (Å²) in [7, 11) is 0. The van der Waals surface area contributed by atoms with Crippen LogP contribution in [0, 0.1) is 0 Å². The molecule has 4 rings (SSSR count). The molecule has 0 atom stereocenters. The monoisotopic (exact) mass is 292 g/mol. The molecular weight excluding hydrogens is 280 g/mol. The van der Waals surface area contributed by atoms with Gasteiger partial charge in [-0.2, -0.15) is 5.10 Å². The summed E-state index contributed by atoms with van der Waals surface area (Å²) in [6.45, 7) is 0. The van der Waals surface area contributed by atoms with Gasteiger partial charge in [-0.15, -0.1) is 0 Å². The molecule has 0 aliphatic carbocycles. The van der Waals surface area contributed by atoms with Crippen LogP contribution in [-0.4, -0.2) is 26.1 Å². The number of carbonyl (C=O) groups is 1. The largest absolute Gasteiger partial charge is 0.369 e. The molecule has 5 N–H and O–H groups in total. The summed E-state index contributed by atoms with van der Waals surface area (Å²) in [5.74, 6) is 0.0509. The minimum Gasteiger partial charge on any atom is -0.369 e. The van der Waals surface area contributed by atoms with Gasteiger partial charge in [0.1, 0.15) is 5.52 Å². The Balaban J connectivity index is 1.70. The number of rotatable bonds is 2. The third-order valence-electron chi connectivity index (χ3n) is 3.47. The van der Waals surface area contributed by atoms with Gasteiger partial charge >= 0.3 is 0 Å². The number of carbonyl (C=O) groups excluding carboxylic acids is 1. The van der Waals surface area contributed by atoms with E-state index in [1.807, 2.05) is 24.3 Å². The number of benzene rings is 2. The first-order valence-electron chi connectivity index (χ1n) is 6.69. The van der Waals surface area contributed by atoms with E-state index in [0.717, 1.165) is 16.4 Å². The minimum atomic E-state index is -0.236. The molecule has 0 unspecified atom stereocenters. The zero-order valence-electron chi connectivity index (χ0n) is 11.4. The summed E-state index contributed by atoms with van der Waals surface area (Å²) in [4.78, 5) is 19.6. The van der Waals surface area contributed by atoms with Crippen molar-refractivity contribution >= 4 is 39.5 Å². The van der Waals surface area contributed by atoms with Crippen LogP contribution in [0.1, 0.15) is 10.4 Å². The minimum absolute atomic E-state index is 0.236. The topological polar surface area (TPSA) is 112 Å². The van der Waals surface area contributed by atoms with Crippen molar-refractivity contribution in [1.82, 2.24) is 20.2 Å². The van der Waals surface area contributed by atoms with Crippen molar-refractivity contribution in [3.63, 3.8) is 0 Å². The molecule has 0 saturated heterocycles. The summed E-state index contributed by atoms with van der Waals surface area (Å²) >= 11 is 0. The van der Waals surface area contributed by atoms with E-state index in [1.54, 1.807) is 18.3 Å². The number of nitrogens with zero attached hydrogens (tertiary/aromatic N) is 2. The highest BCUT2D eigenvalue weighted by atomic mass is 16.1. The highest BCUT2D eigenvalue weighted by Gasteiger charge is 2.13. The zero-order chi connectivity index (χ0) is 15.1. The Labute approximate surface area is 124 Å². The van der Waals surface area contributed by atoms with Gasteiger partial charge in [0.2, 0.25) is 0 Å². The number of fused-ring (bicyclic) bond motifs is 2. The molecule has 0 fully saturated rings. The maximum Gasteiger partial charge on any atom is 0.257 e. The number of imidazole rings is 1. The lowest BCUT2D eigenvalue weighted by molar-refractivity contribution is 0.102. The van der Waals surface area contributed by atoms with Gasteiger partial charge in [-0.3, -0.25) is 9.89 Å². The number of nitrogen functional groups attached to an aromatic ring is 1. The average molecular weight is 292 g/mol. The van der Waals surface area contributed by atoms with Crippen molar-refractivity contribution in [1.29, 1.82) is 0 Å². The number of nitrogens with one attached hydrogen (secondary N) is 3. The SMILES string of the molecule is Nc1nc2c(C(=O)Nc3ccc4[nH]ncc4c3)cccc2[nH]1. The molecule has 22 heavy (non-hydrogen) atoms. The van der Waals surface area contributed by atoms with E-state index in [9.17, 15) is 4.79 Å². The molecule has 1 amide bonds. The second-order valence-electron chi connectivity index (χ2n) is 4.95. The average Bonchev–Trinajstić information content (AvgIpc) is 3.10. The molecular formula is C15H12N6O. The van der Waals surface area contributed by atoms with Crippen LogP contribution in [0.5, 0.6) is 0 Å². The van der Waals surface area contributed by atoms with Crippen LogP contribution < -0.4 is 11.1 Å². The van der Waals surface area contributed by atoms with Crippen molar-refractivity contribution in [3.05, 3.63) is 48.2 Å². The van der Waals surface area contributed by atoms with Crippen LogP contribution in [0.3, 0.4) is 0 Å². The van der Waals surface area contributed by atoms with Gasteiger partial charge in [0.05, 0.1) is 22.8 Å². The molecule has 7 nitrogen and oxygen atoms in total. The normalized spacial score (nSPS) is 11.1. The number of aromatic amines is 2. The molecule has 108 valence electrons. The molecule has 0 bridgehead atoms. The van der Waals surface area contributed by atoms with Crippen LogP contribution in [0.4, 0.5) is 11.6 Å². The first kappa shape index (κ1) is 12.4. The maximum atomic E-state index is 12.5. The van der Waals surface area contributed by atoms with Gasteiger partial charge in [-0.25, -0.2) is 4.98 Å². The maximum absolute atomic E-state index is 12.5. The Hall–Kier alpha value is -3.35. The Morgan fingerprint density at radius 1 is 1.18 bits per heavy atom. The van der Waals surface area contributed by atoms with E-state index in [4.69, 9.17) is 5.73 Å². The summed E-state index contributed by atoms with van der Waals surface area (Å²) in [6, 6.07) is 10.9. The summed E-state index contributed by atoms with van der Waals surface area (Å²) in [5.41, 5.74) is 9.02. The van der Waals surface area contributed by atoms with E-state index in [0.29, 0.717) is 16.8 Å². The molecule has 2 heterocycles. The molecule has 2 aromatic heterocycles. The van der Waals surface area contributed by atoms with E-state index in [1.165, 1.54) is 0 Å². The van der Waals surface area contributed by atoms with Crippen molar-refractivity contribution < 1.29 is 4.79 Å². The van der Waals surface area contributed by atoms with E-state index < -0.39 is 0 Å². The molecule has 0 aliphatic rings.